The fraction of sp³-hybridized carbons (Fsp3) is 0.235. The van der Waals surface area contributed by atoms with Gasteiger partial charge in [0.05, 0.1) is 0 Å². The van der Waals surface area contributed by atoms with Gasteiger partial charge in [0.15, 0.2) is 12.4 Å². The number of hydrogen-bond acceptors (Lipinski definition) is 5. The van der Waals surface area contributed by atoms with Gasteiger partial charge in [-0.3, -0.25) is 4.79 Å². The van der Waals surface area contributed by atoms with Crippen LogP contribution in [0.2, 0.25) is 0 Å². The summed E-state index contributed by atoms with van der Waals surface area (Å²) in [7, 11) is 0. The van der Waals surface area contributed by atoms with Crippen molar-refractivity contribution in [3.05, 3.63) is 58.2 Å². The lowest BCUT2D eigenvalue weighted by Gasteiger charge is -2.14. The number of imidazole rings is 1. The number of nitrogens with one attached hydrogen (secondary N) is 2. The number of amides is 1. The molecule has 0 unspecified atom stereocenters. The Bertz CT molecular complexity index is 1020. The number of aromatic amines is 1. The van der Waals surface area contributed by atoms with Crippen molar-refractivity contribution in [3.63, 3.8) is 0 Å². The molecule has 0 spiro atoms. The molecular formula is C17H17N5O5. The Morgan fingerprint density at radius 1 is 1.41 bits per heavy atom. The van der Waals surface area contributed by atoms with E-state index in [1.54, 1.807) is 6.20 Å². The van der Waals surface area contributed by atoms with Gasteiger partial charge in [-0.1, -0.05) is 18.2 Å². The van der Waals surface area contributed by atoms with Crippen molar-refractivity contribution >= 4 is 28.6 Å². The summed E-state index contributed by atoms with van der Waals surface area (Å²) in [6.07, 6.45) is 2.84. The third-order valence-electron chi connectivity index (χ3n) is 4.26. The summed E-state index contributed by atoms with van der Waals surface area (Å²) < 4.78 is 1.12. The van der Waals surface area contributed by atoms with E-state index in [2.05, 4.69) is 15.3 Å². The highest BCUT2D eigenvalue weighted by atomic mass is 16.6. The Labute approximate surface area is 153 Å². The van der Waals surface area contributed by atoms with Crippen LogP contribution in [0.15, 0.2) is 36.7 Å². The predicted molar refractivity (Wildman–Crippen MR) is 95.2 cm³/mol. The summed E-state index contributed by atoms with van der Waals surface area (Å²) in [5.41, 5.74) is 1.62. The first kappa shape index (κ1) is 18.1. The molecule has 10 nitrogen and oxygen atoms in total. The molecule has 3 N–H and O–H groups in total. The van der Waals surface area contributed by atoms with Gasteiger partial charge in [-0.15, -0.1) is 0 Å². The van der Waals surface area contributed by atoms with Crippen molar-refractivity contribution in [1.82, 2.24) is 19.9 Å². The first-order valence-corrected chi connectivity index (χ1v) is 8.10. The van der Waals surface area contributed by atoms with Gasteiger partial charge in [-0.2, -0.15) is 0 Å². The average molecular weight is 371 g/mol. The zero-order valence-electron chi connectivity index (χ0n) is 14.4. The molecule has 10 heteroatoms. The van der Waals surface area contributed by atoms with Gasteiger partial charge in [-0.05, 0) is 16.6 Å². The first-order chi connectivity index (χ1) is 12.9. The third kappa shape index (κ3) is 3.78. The molecule has 0 fully saturated rings. The number of nitrogens with zero attached hydrogens (tertiary/aromatic N) is 3. The van der Waals surface area contributed by atoms with Crippen LogP contribution in [0, 0.1) is 17.0 Å². The Hall–Kier alpha value is -3.69. The van der Waals surface area contributed by atoms with Crippen LogP contribution in [-0.4, -0.2) is 42.5 Å². The SMILES string of the molecule is Cc1ncc([N+](=O)[O-])n1CC(=O)N[C@@H](Cc1c[nH]c2ccccc12)C(=O)O. The maximum absolute atomic E-state index is 12.3. The maximum Gasteiger partial charge on any atom is 0.343 e. The summed E-state index contributed by atoms with van der Waals surface area (Å²) in [6.45, 7) is 1.14. The number of benzene rings is 1. The number of carbonyl (C=O) groups is 2. The van der Waals surface area contributed by atoms with Gasteiger partial charge < -0.3 is 25.5 Å². The molecule has 1 atom stereocenters. The van der Waals surface area contributed by atoms with Gasteiger partial charge in [0.25, 0.3) is 5.91 Å². The van der Waals surface area contributed by atoms with Crippen LogP contribution in [0.1, 0.15) is 11.4 Å². The van der Waals surface area contributed by atoms with E-state index in [4.69, 9.17) is 0 Å². The number of para-hydroxylation sites is 1. The van der Waals surface area contributed by atoms with Crippen molar-refractivity contribution in [2.24, 2.45) is 0 Å². The van der Waals surface area contributed by atoms with Gasteiger partial charge in [0.2, 0.25) is 0 Å². The minimum absolute atomic E-state index is 0.0795. The van der Waals surface area contributed by atoms with Crippen LogP contribution < -0.4 is 5.32 Å². The smallest absolute Gasteiger partial charge is 0.343 e. The molecule has 0 saturated heterocycles. The number of carboxylic acid groups (broad SMARTS) is 1. The largest absolute Gasteiger partial charge is 0.480 e. The Balaban J connectivity index is 1.75. The number of aliphatic carboxylic acids is 1. The van der Waals surface area contributed by atoms with E-state index in [1.807, 2.05) is 24.3 Å². The van der Waals surface area contributed by atoms with E-state index in [0.717, 1.165) is 27.2 Å². The molecule has 1 amide bonds. The molecule has 3 aromatic rings. The number of aryl methyl sites for hydroxylation is 1. The van der Waals surface area contributed by atoms with Gasteiger partial charge in [0.1, 0.15) is 12.2 Å². The topological polar surface area (TPSA) is 143 Å². The minimum atomic E-state index is -1.19. The second-order valence-corrected chi connectivity index (χ2v) is 6.03. The van der Waals surface area contributed by atoms with E-state index >= 15 is 0 Å². The van der Waals surface area contributed by atoms with Crippen LogP contribution in [0.25, 0.3) is 10.9 Å². The van der Waals surface area contributed by atoms with Crippen LogP contribution >= 0.6 is 0 Å². The quantitative estimate of drug-likeness (QED) is 0.423. The highest BCUT2D eigenvalue weighted by molar-refractivity contribution is 5.86. The Morgan fingerprint density at radius 2 is 2.15 bits per heavy atom. The highest BCUT2D eigenvalue weighted by Crippen LogP contribution is 2.19. The molecule has 3 rings (SSSR count). The lowest BCUT2D eigenvalue weighted by atomic mass is 10.0. The summed E-state index contributed by atoms with van der Waals surface area (Å²) in [4.78, 5) is 41.1. The number of rotatable bonds is 7. The van der Waals surface area contributed by atoms with Crippen LogP contribution in [0.4, 0.5) is 5.82 Å². The second kappa shape index (κ2) is 7.28. The average Bonchev–Trinajstić information content (AvgIpc) is 3.19. The van der Waals surface area contributed by atoms with Gasteiger partial charge in [0, 0.05) is 30.4 Å². The van der Waals surface area contributed by atoms with Crippen molar-refractivity contribution in [2.75, 3.05) is 0 Å². The standard InChI is InChI=1S/C17H17N5O5/c1-10-18-8-16(22(26)27)21(10)9-15(23)20-14(17(24)25)6-11-7-19-13-5-3-2-4-12(11)13/h2-5,7-8,14,19H,6,9H2,1H3,(H,20,23)(H,24,25)/t14-/m0/s1. The molecule has 140 valence electrons. The number of nitro groups is 1. The highest BCUT2D eigenvalue weighted by Gasteiger charge is 2.25. The van der Waals surface area contributed by atoms with Crippen molar-refractivity contribution in [3.8, 4) is 0 Å². The number of carbonyl (C=O) groups excluding carboxylic acids is 1. The van der Waals surface area contributed by atoms with E-state index in [-0.39, 0.29) is 18.8 Å². The number of fused-ring (bicyclic) bond motifs is 1. The molecule has 0 bridgehead atoms. The zero-order valence-corrected chi connectivity index (χ0v) is 14.4. The predicted octanol–water partition coefficient (Wildman–Crippen LogP) is 1.39. The molecule has 0 saturated carbocycles. The summed E-state index contributed by atoms with van der Waals surface area (Å²) >= 11 is 0. The molecule has 1 aromatic carbocycles. The number of aromatic nitrogens is 3. The van der Waals surface area contributed by atoms with Gasteiger partial charge >= 0.3 is 11.8 Å². The fourth-order valence-corrected chi connectivity index (χ4v) is 2.90. The molecule has 0 aliphatic heterocycles. The number of carboxylic acids is 1. The molecule has 0 radical (unpaired) electrons. The van der Waals surface area contributed by atoms with Crippen LogP contribution in [0.5, 0.6) is 0 Å². The molecule has 2 aromatic heterocycles. The van der Waals surface area contributed by atoms with E-state index in [9.17, 15) is 24.8 Å². The third-order valence-corrected chi connectivity index (χ3v) is 4.26. The molecule has 27 heavy (non-hydrogen) atoms. The molecule has 0 aliphatic rings. The van der Waals surface area contributed by atoms with E-state index in [1.165, 1.54) is 6.92 Å². The van der Waals surface area contributed by atoms with Crippen molar-refractivity contribution in [2.45, 2.75) is 25.9 Å². The van der Waals surface area contributed by atoms with Crippen LogP contribution in [-0.2, 0) is 22.6 Å². The summed E-state index contributed by atoms with van der Waals surface area (Å²) in [6, 6.07) is 6.27. The van der Waals surface area contributed by atoms with E-state index < -0.39 is 22.8 Å². The first-order valence-electron chi connectivity index (χ1n) is 8.10. The zero-order chi connectivity index (χ0) is 19.6. The normalized spacial score (nSPS) is 12.0. The second-order valence-electron chi connectivity index (χ2n) is 6.03. The Morgan fingerprint density at radius 3 is 2.85 bits per heavy atom. The maximum atomic E-state index is 12.3. The van der Waals surface area contributed by atoms with E-state index in [0.29, 0.717) is 5.82 Å². The van der Waals surface area contributed by atoms with Crippen molar-refractivity contribution in [1.29, 1.82) is 0 Å². The summed E-state index contributed by atoms with van der Waals surface area (Å²) in [5, 5.41) is 23.8. The Kier molecular flexibility index (Phi) is 4.88. The van der Waals surface area contributed by atoms with Crippen molar-refractivity contribution < 1.29 is 19.6 Å². The monoisotopic (exact) mass is 371 g/mol. The fourth-order valence-electron chi connectivity index (χ4n) is 2.90. The molecule has 0 aliphatic carbocycles. The lowest BCUT2D eigenvalue weighted by molar-refractivity contribution is -0.392. The summed E-state index contributed by atoms with van der Waals surface area (Å²) in [5.74, 6) is -1.87. The number of H-pyrrole nitrogens is 1. The molecular weight excluding hydrogens is 354 g/mol. The van der Waals surface area contributed by atoms with Gasteiger partial charge in [-0.25, -0.2) is 14.3 Å². The molecule has 2 heterocycles. The van der Waals surface area contributed by atoms with Crippen LogP contribution in [0.3, 0.4) is 0 Å². The lowest BCUT2D eigenvalue weighted by Crippen LogP contribution is -2.43. The number of hydrogen-bond donors (Lipinski definition) is 3. The minimum Gasteiger partial charge on any atom is -0.480 e.